The van der Waals surface area contributed by atoms with Crippen LogP contribution in [0.15, 0.2) is 36.5 Å². The lowest BCUT2D eigenvalue weighted by atomic mass is 10.0. The normalized spacial score (nSPS) is 12.7. The minimum absolute atomic E-state index is 0.00822. The number of aliphatic hydroxyl groups excluding tert-OH is 2. The third kappa shape index (κ3) is 63.1. The smallest absolute Gasteiger partial charge is 0.305 e. The molecule has 2 atom stereocenters. The topological polar surface area (TPSA) is 95.9 Å². The van der Waals surface area contributed by atoms with Crippen LogP contribution in [0.25, 0.3) is 0 Å². The first-order valence-corrected chi connectivity index (χ1v) is 34.8. The third-order valence-electron chi connectivity index (χ3n) is 16.2. The molecule has 0 heterocycles. The number of carbonyl (C=O) groups is 2. The van der Waals surface area contributed by atoms with Crippen LogP contribution in [-0.2, 0) is 14.3 Å². The zero-order chi connectivity index (χ0) is 55.7. The zero-order valence-electron chi connectivity index (χ0n) is 52.0. The van der Waals surface area contributed by atoms with Crippen LogP contribution in [0.1, 0.15) is 380 Å². The summed E-state index contributed by atoms with van der Waals surface area (Å²) >= 11 is 0. The number of ether oxygens (including phenoxy) is 1. The summed E-state index contributed by atoms with van der Waals surface area (Å²) in [5.41, 5.74) is 0. The van der Waals surface area contributed by atoms with E-state index in [1.165, 1.54) is 302 Å². The Morgan fingerprint density at radius 3 is 1.01 bits per heavy atom. The molecule has 0 radical (unpaired) electrons. The molecule has 0 fully saturated rings. The summed E-state index contributed by atoms with van der Waals surface area (Å²) in [5, 5.41) is 23.2. The SMILES string of the molecule is CCCCC/C=C\C/C=C\CCCCCCCCCCCC(=O)OCCCCCCCCCCCCCCCCCCCCCCCC(=O)NC(CO)C(O)/C=C/CCCCCCCCCCCCCCCCCCCC. The molecule has 0 aliphatic carbocycles. The fourth-order valence-corrected chi connectivity index (χ4v) is 10.8. The number of allylic oxidation sites excluding steroid dienone is 5. The summed E-state index contributed by atoms with van der Waals surface area (Å²) in [6, 6.07) is -0.630. The standard InChI is InChI=1S/C71H135NO5/c1-3-5-7-9-11-13-15-17-19-21-23-28-31-35-39-43-47-51-55-59-63-69(74)68(67-73)72-70(75)64-60-56-52-48-44-40-36-32-29-25-24-26-30-34-38-42-46-50-54-58-62-66-77-71(76)65-61-57-53-49-45-41-37-33-27-22-20-18-16-14-12-10-8-6-4-2/h12,14,18,20,59,63,68-69,73-74H,3-11,13,15-17,19,21-58,60-62,64-67H2,1-2H3,(H,72,75)/b14-12-,20-18-,63-59+. The van der Waals surface area contributed by atoms with Crippen LogP contribution in [0.3, 0.4) is 0 Å². The van der Waals surface area contributed by atoms with E-state index in [0.29, 0.717) is 19.4 Å². The number of unbranched alkanes of at least 4 members (excludes halogenated alkanes) is 50. The van der Waals surface area contributed by atoms with E-state index in [1.54, 1.807) is 6.08 Å². The maximum Gasteiger partial charge on any atom is 0.305 e. The predicted octanol–water partition coefficient (Wildman–Crippen LogP) is 22.3. The van der Waals surface area contributed by atoms with Crippen LogP contribution in [0.5, 0.6) is 0 Å². The first-order chi connectivity index (χ1) is 38.0. The number of nitrogens with one attached hydrogen (secondary N) is 1. The summed E-state index contributed by atoms with van der Waals surface area (Å²) in [6.07, 6.45) is 84.9. The van der Waals surface area contributed by atoms with Gasteiger partial charge in [0.05, 0.1) is 25.4 Å². The Balaban J connectivity index is 3.40. The number of esters is 1. The molecular formula is C71H135NO5. The molecule has 0 rings (SSSR count). The molecule has 0 aromatic heterocycles. The van der Waals surface area contributed by atoms with Crippen molar-refractivity contribution in [1.29, 1.82) is 0 Å². The van der Waals surface area contributed by atoms with Crippen molar-refractivity contribution in [3.05, 3.63) is 36.5 Å². The van der Waals surface area contributed by atoms with Gasteiger partial charge in [0.15, 0.2) is 0 Å². The van der Waals surface area contributed by atoms with Crippen molar-refractivity contribution in [2.45, 2.75) is 392 Å². The van der Waals surface area contributed by atoms with Gasteiger partial charge in [-0.2, -0.15) is 0 Å². The van der Waals surface area contributed by atoms with Gasteiger partial charge in [0.2, 0.25) is 5.91 Å². The Hall–Kier alpha value is -1.92. The summed E-state index contributed by atoms with van der Waals surface area (Å²) in [5.74, 6) is -0.0575. The average molecular weight is 1080 g/mol. The van der Waals surface area contributed by atoms with Gasteiger partial charge in [0.1, 0.15) is 0 Å². The largest absolute Gasteiger partial charge is 0.466 e. The second-order valence-electron chi connectivity index (χ2n) is 23.9. The van der Waals surface area contributed by atoms with Gasteiger partial charge in [0, 0.05) is 12.8 Å². The van der Waals surface area contributed by atoms with Crippen molar-refractivity contribution in [3.8, 4) is 0 Å². The number of amides is 1. The molecule has 0 aliphatic rings. The van der Waals surface area contributed by atoms with Crippen LogP contribution in [0.4, 0.5) is 0 Å². The maximum absolute atomic E-state index is 12.5. The average Bonchev–Trinajstić information content (AvgIpc) is 3.43. The van der Waals surface area contributed by atoms with E-state index in [-0.39, 0.29) is 18.5 Å². The lowest BCUT2D eigenvalue weighted by molar-refractivity contribution is -0.143. The van der Waals surface area contributed by atoms with Crippen molar-refractivity contribution in [3.63, 3.8) is 0 Å². The molecule has 0 aromatic carbocycles. The van der Waals surface area contributed by atoms with Crippen LogP contribution in [-0.4, -0.2) is 47.4 Å². The molecule has 6 heteroatoms. The number of hydrogen-bond acceptors (Lipinski definition) is 5. The Bertz CT molecular complexity index is 1250. The zero-order valence-corrected chi connectivity index (χ0v) is 52.0. The van der Waals surface area contributed by atoms with Gasteiger partial charge in [-0.25, -0.2) is 0 Å². The van der Waals surface area contributed by atoms with Gasteiger partial charge in [-0.15, -0.1) is 0 Å². The minimum Gasteiger partial charge on any atom is -0.466 e. The highest BCUT2D eigenvalue weighted by Gasteiger charge is 2.18. The van der Waals surface area contributed by atoms with E-state index in [4.69, 9.17) is 4.74 Å². The summed E-state index contributed by atoms with van der Waals surface area (Å²) in [7, 11) is 0. The second kappa shape index (κ2) is 66.6. The van der Waals surface area contributed by atoms with E-state index in [9.17, 15) is 19.8 Å². The van der Waals surface area contributed by atoms with Crippen molar-refractivity contribution >= 4 is 11.9 Å². The van der Waals surface area contributed by atoms with Gasteiger partial charge in [-0.05, 0) is 64.2 Å². The molecule has 0 spiro atoms. The van der Waals surface area contributed by atoms with Crippen molar-refractivity contribution in [2.75, 3.05) is 13.2 Å². The van der Waals surface area contributed by atoms with Gasteiger partial charge in [-0.3, -0.25) is 9.59 Å². The lowest BCUT2D eigenvalue weighted by Crippen LogP contribution is -2.45. The highest BCUT2D eigenvalue weighted by molar-refractivity contribution is 5.76. The van der Waals surface area contributed by atoms with Crippen LogP contribution in [0.2, 0.25) is 0 Å². The molecule has 3 N–H and O–H groups in total. The van der Waals surface area contributed by atoms with E-state index < -0.39 is 12.1 Å². The van der Waals surface area contributed by atoms with Gasteiger partial charge < -0.3 is 20.3 Å². The molecule has 0 saturated heterocycles. The molecule has 6 nitrogen and oxygen atoms in total. The summed E-state index contributed by atoms with van der Waals surface area (Å²) < 4.78 is 5.50. The first-order valence-electron chi connectivity index (χ1n) is 34.8. The number of carbonyl (C=O) groups excluding carboxylic acids is 2. The summed E-state index contributed by atoms with van der Waals surface area (Å²) in [6.45, 7) is 4.91. The monoisotopic (exact) mass is 1080 g/mol. The highest BCUT2D eigenvalue weighted by Crippen LogP contribution is 2.18. The Labute approximate surface area is 481 Å². The maximum atomic E-state index is 12.5. The molecule has 0 aromatic rings. The van der Waals surface area contributed by atoms with Gasteiger partial charge in [-0.1, -0.05) is 339 Å². The van der Waals surface area contributed by atoms with E-state index in [1.807, 2.05) is 6.08 Å². The Kier molecular flexibility index (Phi) is 64.9. The van der Waals surface area contributed by atoms with Crippen LogP contribution >= 0.6 is 0 Å². The van der Waals surface area contributed by atoms with Gasteiger partial charge in [0.25, 0.3) is 0 Å². The van der Waals surface area contributed by atoms with Crippen molar-refractivity contribution in [1.82, 2.24) is 5.32 Å². The lowest BCUT2D eigenvalue weighted by Gasteiger charge is -2.20. The Morgan fingerprint density at radius 2 is 0.649 bits per heavy atom. The van der Waals surface area contributed by atoms with Crippen molar-refractivity contribution < 1.29 is 24.5 Å². The molecule has 1 amide bonds. The molecular weight excluding hydrogens is 947 g/mol. The van der Waals surface area contributed by atoms with E-state index >= 15 is 0 Å². The first kappa shape index (κ1) is 75.1. The molecule has 77 heavy (non-hydrogen) atoms. The number of aliphatic hydroxyl groups is 2. The van der Waals surface area contributed by atoms with Gasteiger partial charge >= 0.3 is 5.97 Å². The number of hydrogen-bond donors (Lipinski definition) is 3. The molecule has 2 unspecified atom stereocenters. The van der Waals surface area contributed by atoms with Crippen molar-refractivity contribution in [2.24, 2.45) is 0 Å². The quantitative estimate of drug-likeness (QED) is 0.0320. The Morgan fingerprint density at radius 1 is 0.364 bits per heavy atom. The fourth-order valence-electron chi connectivity index (χ4n) is 10.8. The minimum atomic E-state index is -0.846. The molecule has 0 aliphatic heterocycles. The molecule has 0 saturated carbocycles. The highest BCUT2D eigenvalue weighted by atomic mass is 16.5. The third-order valence-corrected chi connectivity index (χ3v) is 16.2. The summed E-state index contributed by atoms with van der Waals surface area (Å²) in [4.78, 5) is 24.6. The van der Waals surface area contributed by atoms with Crippen LogP contribution in [0, 0.1) is 0 Å². The fraction of sp³-hybridized carbons (Fsp3) is 0.887. The van der Waals surface area contributed by atoms with E-state index in [2.05, 4.69) is 43.5 Å². The van der Waals surface area contributed by atoms with Crippen LogP contribution < -0.4 is 5.32 Å². The second-order valence-corrected chi connectivity index (χ2v) is 23.9. The molecule has 454 valence electrons. The van der Waals surface area contributed by atoms with E-state index in [0.717, 1.165) is 51.4 Å². The number of rotatable bonds is 65. The molecule has 0 bridgehead atoms. The predicted molar refractivity (Wildman–Crippen MR) is 338 cm³/mol.